The fourth-order valence-electron chi connectivity index (χ4n) is 1.23. The molecule has 5 heteroatoms. The molecule has 0 heterocycles. The van der Waals surface area contributed by atoms with Crippen molar-refractivity contribution in [3.8, 4) is 0 Å². The third kappa shape index (κ3) is 4.12. The van der Waals surface area contributed by atoms with Crippen LogP contribution in [-0.2, 0) is 16.4 Å². The lowest BCUT2D eigenvalue weighted by atomic mass is 10.1. The highest BCUT2D eigenvalue weighted by atomic mass is 32.2. The van der Waals surface area contributed by atoms with Crippen LogP contribution in [0.25, 0.3) is 0 Å². The number of carbonyl (C=O) groups excluding carboxylic acids is 1. The van der Waals surface area contributed by atoms with Crippen molar-refractivity contribution in [3.05, 3.63) is 35.4 Å². The van der Waals surface area contributed by atoms with Gasteiger partial charge in [0.1, 0.15) is 0 Å². The zero-order chi connectivity index (χ0) is 12.2. The second kappa shape index (κ2) is 5.23. The van der Waals surface area contributed by atoms with Crippen molar-refractivity contribution in [2.24, 2.45) is 0 Å². The van der Waals surface area contributed by atoms with E-state index in [0.29, 0.717) is 5.56 Å². The summed E-state index contributed by atoms with van der Waals surface area (Å²) in [6.07, 6.45) is 1.94. The minimum Gasteiger partial charge on any atom is -0.293 e. The summed E-state index contributed by atoms with van der Waals surface area (Å²) in [4.78, 5) is 11.6. The normalized spacial score (nSPS) is 11.4. The first kappa shape index (κ1) is 12.9. The van der Waals surface area contributed by atoms with Crippen molar-refractivity contribution in [3.63, 3.8) is 0 Å². The minimum atomic E-state index is -3.31. The molecule has 0 bridgehead atoms. The third-order valence-corrected chi connectivity index (χ3v) is 2.85. The Morgan fingerprint density at radius 3 is 2.25 bits per heavy atom. The van der Waals surface area contributed by atoms with Crippen molar-refractivity contribution in [2.75, 3.05) is 12.8 Å². The first-order valence-corrected chi connectivity index (χ1v) is 6.88. The zero-order valence-electron chi connectivity index (χ0n) is 9.36. The summed E-state index contributed by atoms with van der Waals surface area (Å²) in [7, 11) is -3.31. The van der Waals surface area contributed by atoms with Gasteiger partial charge in [0, 0.05) is 5.56 Å². The molecule has 0 aliphatic heterocycles. The Bertz CT molecular complexity index is 463. The lowest BCUT2D eigenvalue weighted by Gasteiger charge is -2.03. The largest absolute Gasteiger partial charge is 0.293 e. The Morgan fingerprint density at radius 1 is 1.25 bits per heavy atom. The second-order valence-corrected chi connectivity index (χ2v) is 5.40. The Balaban J connectivity index is 2.66. The summed E-state index contributed by atoms with van der Waals surface area (Å²) in [5.41, 5.74) is 1.67. The van der Waals surface area contributed by atoms with E-state index in [1.807, 2.05) is 19.1 Å². The van der Waals surface area contributed by atoms with Crippen LogP contribution in [-0.4, -0.2) is 27.0 Å². The molecule has 0 atom stereocenters. The standard InChI is InChI=1S/C11H15NO3S/c1-3-9-4-6-10(7-5-9)11(13)8-12-16(2,14)15/h4-7,12H,3,8H2,1-2H3. The number of Topliss-reactive ketones (excluding diaryl/α,β-unsaturated/α-hetero) is 1. The molecular weight excluding hydrogens is 226 g/mol. The van der Waals surface area contributed by atoms with Crippen LogP contribution in [0.3, 0.4) is 0 Å². The molecular formula is C11H15NO3S. The van der Waals surface area contributed by atoms with E-state index in [1.165, 1.54) is 0 Å². The predicted octanol–water partition coefficient (Wildman–Crippen LogP) is 0.981. The van der Waals surface area contributed by atoms with Gasteiger partial charge in [-0.15, -0.1) is 0 Å². The quantitative estimate of drug-likeness (QED) is 0.782. The highest BCUT2D eigenvalue weighted by Gasteiger charge is 2.08. The summed E-state index contributed by atoms with van der Waals surface area (Å²) in [5, 5.41) is 0. The number of hydrogen-bond acceptors (Lipinski definition) is 3. The molecule has 0 aromatic heterocycles. The van der Waals surface area contributed by atoms with Crippen LogP contribution in [0.5, 0.6) is 0 Å². The Morgan fingerprint density at radius 2 is 1.81 bits per heavy atom. The number of rotatable bonds is 5. The van der Waals surface area contributed by atoms with Gasteiger partial charge in [0.25, 0.3) is 0 Å². The highest BCUT2D eigenvalue weighted by Crippen LogP contribution is 2.05. The molecule has 1 aromatic rings. The molecule has 0 saturated heterocycles. The van der Waals surface area contributed by atoms with Gasteiger partial charge in [-0.05, 0) is 12.0 Å². The zero-order valence-corrected chi connectivity index (χ0v) is 10.2. The average Bonchev–Trinajstić information content (AvgIpc) is 2.25. The number of ketones is 1. The van der Waals surface area contributed by atoms with E-state index in [9.17, 15) is 13.2 Å². The second-order valence-electron chi connectivity index (χ2n) is 3.57. The first-order chi connectivity index (χ1) is 7.42. The van der Waals surface area contributed by atoms with Crippen molar-refractivity contribution < 1.29 is 13.2 Å². The SMILES string of the molecule is CCc1ccc(C(=O)CNS(C)(=O)=O)cc1. The molecule has 4 nitrogen and oxygen atoms in total. The van der Waals surface area contributed by atoms with Gasteiger partial charge in [-0.2, -0.15) is 0 Å². The maximum absolute atomic E-state index is 11.6. The first-order valence-electron chi connectivity index (χ1n) is 4.99. The van der Waals surface area contributed by atoms with E-state index in [4.69, 9.17) is 0 Å². The summed E-state index contributed by atoms with van der Waals surface area (Å²) in [6, 6.07) is 7.16. The topological polar surface area (TPSA) is 63.2 Å². The van der Waals surface area contributed by atoms with E-state index in [2.05, 4.69) is 4.72 Å². The maximum atomic E-state index is 11.6. The molecule has 0 unspecified atom stereocenters. The highest BCUT2D eigenvalue weighted by molar-refractivity contribution is 7.88. The number of carbonyl (C=O) groups is 1. The maximum Gasteiger partial charge on any atom is 0.209 e. The van der Waals surface area contributed by atoms with E-state index in [-0.39, 0.29) is 12.3 Å². The summed E-state index contributed by atoms with van der Waals surface area (Å²) < 4.78 is 23.8. The van der Waals surface area contributed by atoms with Crippen molar-refractivity contribution in [1.29, 1.82) is 0 Å². The van der Waals surface area contributed by atoms with Crippen molar-refractivity contribution in [1.82, 2.24) is 4.72 Å². The fraction of sp³-hybridized carbons (Fsp3) is 0.364. The molecule has 0 radical (unpaired) electrons. The van der Waals surface area contributed by atoms with Crippen LogP contribution in [0, 0.1) is 0 Å². The Hall–Kier alpha value is -1.20. The van der Waals surface area contributed by atoms with E-state index in [0.717, 1.165) is 18.2 Å². The smallest absolute Gasteiger partial charge is 0.209 e. The van der Waals surface area contributed by atoms with Crippen molar-refractivity contribution >= 4 is 15.8 Å². The summed E-state index contributed by atoms with van der Waals surface area (Å²) in [5.74, 6) is -0.229. The number of hydrogen-bond donors (Lipinski definition) is 1. The molecule has 0 fully saturated rings. The molecule has 0 aliphatic carbocycles. The van der Waals surface area contributed by atoms with Crippen LogP contribution < -0.4 is 4.72 Å². The number of aryl methyl sites for hydroxylation is 1. The predicted molar refractivity (Wildman–Crippen MR) is 63.0 cm³/mol. The van der Waals surface area contributed by atoms with E-state index < -0.39 is 10.0 Å². The van der Waals surface area contributed by atoms with Gasteiger partial charge in [0.15, 0.2) is 5.78 Å². The van der Waals surface area contributed by atoms with Crippen LogP contribution >= 0.6 is 0 Å². The molecule has 16 heavy (non-hydrogen) atoms. The fourth-order valence-corrected chi connectivity index (χ4v) is 1.62. The lowest BCUT2D eigenvalue weighted by molar-refractivity contribution is 0.0997. The van der Waals surface area contributed by atoms with Gasteiger partial charge < -0.3 is 0 Å². The van der Waals surface area contributed by atoms with Crippen LogP contribution in [0.4, 0.5) is 0 Å². The Labute approximate surface area is 95.7 Å². The molecule has 1 rings (SSSR count). The number of benzene rings is 1. The monoisotopic (exact) mass is 241 g/mol. The summed E-state index contributed by atoms with van der Waals surface area (Å²) >= 11 is 0. The molecule has 0 spiro atoms. The average molecular weight is 241 g/mol. The van der Waals surface area contributed by atoms with Crippen LogP contribution in [0.2, 0.25) is 0 Å². The lowest BCUT2D eigenvalue weighted by Crippen LogP contribution is -2.28. The van der Waals surface area contributed by atoms with Crippen LogP contribution in [0.15, 0.2) is 24.3 Å². The van der Waals surface area contributed by atoms with E-state index in [1.54, 1.807) is 12.1 Å². The summed E-state index contributed by atoms with van der Waals surface area (Å²) in [6.45, 7) is 1.84. The van der Waals surface area contributed by atoms with Gasteiger partial charge >= 0.3 is 0 Å². The van der Waals surface area contributed by atoms with Crippen LogP contribution in [0.1, 0.15) is 22.8 Å². The number of nitrogens with one attached hydrogen (secondary N) is 1. The van der Waals surface area contributed by atoms with E-state index >= 15 is 0 Å². The van der Waals surface area contributed by atoms with Crippen molar-refractivity contribution in [2.45, 2.75) is 13.3 Å². The van der Waals surface area contributed by atoms with Gasteiger partial charge in [-0.3, -0.25) is 4.79 Å². The van der Waals surface area contributed by atoms with Gasteiger partial charge in [-0.25, -0.2) is 13.1 Å². The molecule has 0 saturated carbocycles. The minimum absolute atomic E-state index is 0.190. The molecule has 0 aliphatic rings. The third-order valence-electron chi connectivity index (χ3n) is 2.18. The van der Waals surface area contributed by atoms with Gasteiger partial charge in [0.05, 0.1) is 12.8 Å². The molecule has 88 valence electrons. The molecule has 1 aromatic carbocycles. The Kier molecular flexibility index (Phi) is 4.20. The molecule has 1 N–H and O–H groups in total. The van der Waals surface area contributed by atoms with Gasteiger partial charge in [-0.1, -0.05) is 31.2 Å². The number of sulfonamides is 1. The molecule has 0 amide bonds. The van der Waals surface area contributed by atoms with Gasteiger partial charge in [0.2, 0.25) is 10.0 Å².